The molecule has 1 aliphatic heterocycles. The van der Waals surface area contributed by atoms with Crippen LogP contribution >= 0.6 is 12.4 Å². The van der Waals surface area contributed by atoms with Crippen LogP contribution in [0.15, 0.2) is 24.3 Å². The van der Waals surface area contributed by atoms with Crippen molar-refractivity contribution >= 4 is 29.9 Å². The summed E-state index contributed by atoms with van der Waals surface area (Å²) in [5.41, 5.74) is 6.80. The van der Waals surface area contributed by atoms with Gasteiger partial charge in [0.15, 0.2) is 0 Å². The lowest BCUT2D eigenvalue weighted by atomic mass is 9.67. The van der Waals surface area contributed by atoms with Crippen LogP contribution < -0.4 is 16.0 Å². The smallest absolute Gasteiger partial charge is 0.239 e. The fraction of sp³-hybridized carbons (Fsp3) is 0.600. The number of hydrogen-bond acceptors (Lipinski definition) is 3. The number of hydrogen-bond donors (Lipinski definition) is 2. The van der Waals surface area contributed by atoms with E-state index in [1.54, 1.807) is 17.0 Å². The van der Waals surface area contributed by atoms with Crippen molar-refractivity contribution in [1.29, 1.82) is 0 Å². The SMILES string of the molecule is Cl.NC1CC2CCCC(C1)C2NC(=O)C1CCN(c2ccc(F)cc2)C1=O. The highest BCUT2D eigenvalue weighted by Gasteiger charge is 2.43. The predicted molar refractivity (Wildman–Crippen MR) is 104 cm³/mol. The first-order valence-corrected chi connectivity index (χ1v) is 9.66. The highest BCUT2D eigenvalue weighted by molar-refractivity contribution is 6.09. The van der Waals surface area contributed by atoms with Crippen molar-refractivity contribution in [2.75, 3.05) is 11.4 Å². The number of fused-ring (bicyclic) bond motifs is 2. The summed E-state index contributed by atoms with van der Waals surface area (Å²) < 4.78 is 13.1. The van der Waals surface area contributed by atoms with Gasteiger partial charge in [-0.1, -0.05) is 6.42 Å². The Bertz CT molecular complexity index is 685. The summed E-state index contributed by atoms with van der Waals surface area (Å²) >= 11 is 0. The fourth-order valence-electron chi connectivity index (χ4n) is 5.09. The van der Waals surface area contributed by atoms with Gasteiger partial charge < -0.3 is 16.0 Å². The number of nitrogens with zero attached hydrogens (tertiary/aromatic N) is 1. The van der Waals surface area contributed by atoms with Gasteiger partial charge in [-0.15, -0.1) is 12.4 Å². The van der Waals surface area contributed by atoms with E-state index in [0.717, 1.165) is 25.7 Å². The third-order valence-electron chi connectivity index (χ3n) is 6.35. The van der Waals surface area contributed by atoms with Gasteiger partial charge in [0.2, 0.25) is 11.8 Å². The van der Waals surface area contributed by atoms with Crippen LogP contribution in [0.25, 0.3) is 0 Å². The molecule has 1 aromatic carbocycles. The first-order chi connectivity index (χ1) is 12.5. The second kappa shape index (κ2) is 8.15. The van der Waals surface area contributed by atoms with E-state index in [0.29, 0.717) is 30.5 Å². The second-order valence-electron chi connectivity index (χ2n) is 8.02. The molecule has 2 saturated carbocycles. The Morgan fingerprint density at radius 3 is 2.37 bits per heavy atom. The van der Waals surface area contributed by atoms with Crippen molar-refractivity contribution in [1.82, 2.24) is 5.32 Å². The summed E-state index contributed by atoms with van der Waals surface area (Å²) in [7, 11) is 0. The van der Waals surface area contributed by atoms with Crippen LogP contribution in [0.3, 0.4) is 0 Å². The molecule has 0 spiro atoms. The molecule has 3 aliphatic rings. The molecule has 5 nitrogen and oxygen atoms in total. The maximum atomic E-state index is 13.1. The number of nitrogens with two attached hydrogens (primary N) is 1. The summed E-state index contributed by atoms with van der Waals surface area (Å²) in [5.74, 6) is -0.450. The molecule has 3 fully saturated rings. The molecule has 2 amide bonds. The van der Waals surface area contributed by atoms with Gasteiger partial charge in [-0.3, -0.25) is 9.59 Å². The predicted octanol–water partition coefficient (Wildman–Crippen LogP) is 2.62. The number of nitrogens with one attached hydrogen (secondary N) is 1. The Morgan fingerprint density at radius 1 is 1.11 bits per heavy atom. The van der Waals surface area contributed by atoms with Crippen molar-refractivity contribution in [3.8, 4) is 0 Å². The minimum Gasteiger partial charge on any atom is -0.352 e. The van der Waals surface area contributed by atoms with Crippen molar-refractivity contribution in [3.05, 3.63) is 30.1 Å². The Morgan fingerprint density at radius 2 is 1.74 bits per heavy atom. The minimum atomic E-state index is -0.642. The van der Waals surface area contributed by atoms with E-state index in [9.17, 15) is 14.0 Å². The van der Waals surface area contributed by atoms with Gasteiger partial charge in [-0.25, -0.2) is 4.39 Å². The molecule has 0 aromatic heterocycles. The molecule has 0 radical (unpaired) electrons. The van der Waals surface area contributed by atoms with E-state index < -0.39 is 5.92 Å². The van der Waals surface area contributed by atoms with E-state index in [2.05, 4.69) is 5.32 Å². The third-order valence-corrected chi connectivity index (χ3v) is 6.35. The summed E-state index contributed by atoms with van der Waals surface area (Å²) in [6.07, 6.45) is 5.84. The molecule has 2 aliphatic carbocycles. The van der Waals surface area contributed by atoms with Gasteiger partial charge in [0.25, 0.3) is 0 Å². The number of anilines is 1. The molecule has 27 heavy (non-hydrogen) atoms. The number of benzene rings is 1. The molecular formula is C20H27ClFN3O2. The molecule has 1 heterocycles. The summed E-state index contributed by atoms with van der Waals surface area (Å²) in [5, 5.41) is 3.19. The summed E-state index contributed by atoms with van der Waals surface area (Å²) in [6.45, 7) is 0.491. The fourth-order valence-corrected chi connectivity index (χ4v) is 5.09. The second-order valence-corrected chi connectivity index (χ2v) is 8.02. The highest BCUT2D eigenvalue weighted by atomic mass is 35.5. The molecule has 1 aromatic rings. The first-order valence-electron chi connectivity index (χ1n) is 9.66. The van der Waals surface area contributed by atoms with Crippen LogP contribution in [0, 0.1) is 23.6 Å². The van der Waals surface area contributed by atoms with Gasteiger partial charge in [-0.05, 0) is 68.2 Å². The average molecular weight is 396 g/mol. The number of carbonyl (C=O) groups excluding carboxylic acids is 2. The Hall–Kier alpha value is -1.66. The number of amides is 2. The monoisotopic (exact) mass is 395 g/mol. The highest BCUT2D eigenvalue weighted by Crippen LogP contribution is 2.40. The van der Waals surface area contributed by atoms with Gasteiger partial charge in [-0.2, -0.15) is 0 Å². The normalized spacial score (nSPS) is 32.7. The molecule has 3 atom stereocenters. The molecule has 4 rings (SSSR count). The van der Waals surface area contributed by atoms with Crippen molar-refractivity contribution in [3.63, 3.8) is 0 Å². The topological polar surface area (TPSA) is 75.4 Å². The molecule has 3 unspecified atom stereocenters. The van der Waals surface area contributed by atoms with Gasteiger partial charge >= 0.3 is 0 Å². The lowest BCUT2D eigenvalue weighted by molar-refractivity contribution is -0.133. The Kier molecular flexibility index (Phi) is 6.06. The number of halogens is 2. The average Bonchev–Trinajstić information content (AvgIpc) is 2.98. The largest absolute Gasteiger partial charge is 0.352 e. The molecular weight excluding hydrogens is 369 g/mol. The van der Waals surface area contributed by atoms with Gasteiger partial charge in [0, 0.05) is 24.3 Å². The van der Waals surface area contributed by atoms with E-state index in [1.165, 1.54) is 18.6 Å². The van der Waals surface area contributed by atoms with E-state index >= 15 is 0 Å². The minimum absolute atomic E-state index is 0. The third kappa shape index (κ3) is 3.97. The summed E-state index contributed by atoms with van der Waals surface area (Å²) in [4.78, 5) is 27.1. The first kappa shape index (κ1) is 20.1. The van der Waals surface area contributed by atoms with Crippen LogP contribution in [0.4, 0.5) is 10.1 Å². The van der Waals surface area contributed by atoms with Crippen LogP contribution in [-0.2, 0) is 9.59 Å². The zero-order valence-electron chi connectivity index (χ0n) is 15.3. The number of carbonyl (C=O) groups is 2. The number of rotatable bonds is 3. The van der Waals surface area contributed by atoms with Gasteiger partial charge in [0.1, 0.15) is 11.7 Å². The van der Waals surface area contributed by atoms with Crippen LogP contribution in [-0.4, -0.2) is 30.4 Å². The standard InChI is InChI=1S/C20H26FN3O2.ClH/c21-14-4-6-16(7-5-14)24-9-8-17(20(24)26)19(25)23-18-12-2-1-3-13(18)11-15(22)10-12;/h4-7,12-13,15,17-18H,1-3,8-11,22H2,(H,23,25);1H. The molecule has 7 heteroatoms. The van der Waals surface area contributed by atoms with Crippen molar-refractivity contribution in [2.24, 2.45) is 23.5 Å². The van der Waals surface area contributed by atoms with Crippen LogP contribution in [0.2, 0.25) is 0 Å². The molecule has 2 bridgehead atoms. The lowest BCUT2D eigenvalue weighted by Gasteiger charge is -2.45. The lowest BCUT2D eigenvalue weighted by Crippen LogP contribution is -2.55. The van der Waals surface area contributed by atoms with Crippen molar-refractivity contribution < 1.29 is 14.0 Å². The molecule has 148 valence electrons. The van der Waals surface area contributed by atoms with Crippen LogP contribution in [0.5, 0.6) is 0 Å². The zero-order chi connectivity index (χ0) is 18.3. The molecule has 3 N–H and O–H groups in total. The Labute approximate surface area is 165 Å². The van der Waals surface area contributed by atoms with E-state index in [1.807, 2.05) is 0 Å². The van der Waals surface area contributed by atoms with E-state index in [-0.39, 0.29) is 42.1 Å². The maximum Gasteiger partial charge on any atom is 0.239 e. The maximum absolute atomic E-state index is 13.1. The van der Waals surface area contributed by atoms with Gasteiger partial charge in [0.05, 0.1) is 0 Å². The van der Waals surface area contributed by atoms with E-state index in [4.69, 9.17) is 5.73 Å². The van der Waals surface area contributed by atoms with Crippen LogP contribution in [0.1, 0.15) is 38.5 Å². The molecule has 1 saturated heterocycles. The van der Waals surface area contributed by atoms with Crippen molar-refractivity contribution in [2.45, 2.75) is 50.6 Å². The Balaban J connectivity index is 0.00000210. The zero-order valence-corrected chi connectivity index (χ0v) is 16.1. The summed E-state index contributed by atoms with van der Waals surface area (Å²) in [6, 6.07) is 6.23. The quantitative estimate of drug-likeness (QED) is 0.772.